The Kier molecular flexibility index (Phi) is 27.0. The highest BCUT2D eigenvalue weighted by Gasteiger charge is 2.63. The number of carbonyl (C=O) groups excluding carboxylic acids is 7. The van der Waals surface area contributed by atoms with E-state index in [4.69, 9.17) is 28.4 Å². The Balaban J connectivity index is 0.000000160. The SMILES string of the molecule is C=C(C)C(=O)OCc1ccccc1.C=C(C)C(=O)Oc1c2ccccc2cc2ccccc12.C=CC(=O)OC.C=CC(=O)OC12CC3CC(CC(C3)C1)C2.C=CC(=O)OC1CC2CC1C1CCCC21.C=CC(=O)OC1CC2CCC1(C)C2(C)C.C=CC(=O)OC1CCCCC1. The van der Waals surface area contributed by atoms with E-state index in [0.717, 1.165) is 114 Å². The summed E-state index contributed by atoms with van der Waals surface area (Å²) in [6.07, 6.45) is 30.0. The van der Waals surface area contributed by atoms with Crippen LogP contribution in [0.25, 0.3) is 21.5 Å². The van der Waals surface area contributed by atoms with Crippen LogP contribution in [0.15, 0.2) is 173 Å². The molecule has 10 fully saturated rings. The van der Waals surface area contributed by atoms with Crippen LogP contribution in [0.3, 0.4) is 0 Å². The molecule has 0 saturated heterocycles. The Morgan fingerprint density at radius 1 is 0.526 bits per heavy atom. The van der Waals surface area contributed by atoms with Gasteiger partial charge in [-0.25, -0.2) is 33.6 Å². The Bertz CT molecular complexity index is 3330. The van der Waals surface area contributed by atoms with Crippen molar-refractivity contribution in [2.45, 2.75) is 187 Å². The molecule has 0 radical (unpaired) electrons. The maximum absolute atomic E-state index is 11.9. The number of hydrogen-bond donors (Lipinski definition) is 0. The smallest absolute Gasteiger partial charge is 0.338 e. The molecule has 0 spiro atoms. The standard InChI is InChI=1S/C18H14O2.2C13H18O2.C13H20O2.C11H12O2.C9H14O2.C4H6O2/c1-12(2)18(19)20-17-15-9-5-3-7-13(15)11-14-8-4-6-10-16(14)17;1-2-12(14)15-13-6-9-3-10(7-13)5-11(4-9)8-13;1-2-13(14)15-12-7-8-6-11(12)10-5-3-4-9(8)10;1-5-11(14)15-10-8-9-6-7-13(10,4)12(9,2)3;1-9(2)11(12)13-8-10-6-4-3-5-7-10;1-2-9(10)11-8-6-4-3-5-7-8;1-3-4(5)6-2/h3-11H,1H2,2H3;2,9-11H,1,3-8H2;2,8-12H,1,3-7H2;5,9-10H,1,6-8H2,2-4H3;3-7H,1,8H2,2H3;2,8H,1,3-7H2;3H,1H2,2H3. The summed E-state index contributed by atoms with van der Waals surface area (Å²) in [7, 11) is 1.31. The first kappa shape index (κ1) is 74.3. The Labute approximate surface area is 563 Å². The zero-order chi connectivity index (χ0) is 69.0. The zero-order valence-corrected chi connectivity index (χ0v) is 57.1. The van der Waals surface area contributed by atoms with Crippen molar-refractivity contribution in [3.63, 3.8) is 0 Å². The second kappa shape index (κ2) is 34.5. The van der Waals surface area contributed by atoms with Gasteiger partial charge >= 0.3 is 41.8 Å². The summed E-state index contributed by atoms with van der Waals surface area (Å²) in [5, 5.41) is 3.97. The molecule has 10 aliphatic rings. The first-order chi connectivity index (χ1) is 45.4. The number of hydrogen-bond acceptors (Lipinski definition) is 14. The number of fused-ring (bicyclic) bond motifs is 9. The van der Waals surface area contributed by atoms with Crippen molar-refractivity contribution < 1.29 is 66.7 Å². The lowest BCUT2D eigenvalue weighted by Gasteiger charge is -2.55. The highest BCUT2D eigenvalue weighted by molar-refractivity contribution is 6.07. The lowest BCUT2D eigenvalue weighted by molar-refractivity contribution is -0.181. The molecular formula is C81H102O14. The predicted octanol–water partition coefficient (Wildman–Crippen LogP) is 17.3. The third-order valence-corrected chi connectivity index (χ3v) is 21.6. The van der Waals surface area contributed by atoms with Gasteiger partial charge < -0.3 is 33.2 Å². The van der Waals surface area contributed by atoms with Crippen molar-refractivity contribution in [3.8, 4) is 5.75 Å². The average Bonchev–Trinajstić information content (AvgIpc) is 1.63. The monoisotopic (exact) mass is 1300 g/mol. The molecule has 10 saturated carbocycles. The van der Waals surface area contributed by atoms with Crippen LogP contribution >= 0.6 is 0 Å². The number of ether oxygens (including phenoxy) is 7. The molecule has 0 aliphatic heterocycles. The second-order valence-corrected chi connectivity index (χ2v) is 28.1. The van der Waals surface area contributed by atoms with Crippen molar-refractivity contribution >= 4 is 63.3 Å². The van der Waals surface area contributed by atoms with Crippen LogP contribution < -0.4 is 4.74 Å². The van der Waals surface area contributed by atoms with Gasteiger partial charge in [-0.05, 0) is 198 Å². The Hall–Kier alpha value is -8.13. The third kappa shape index (κ3) is 19.5. The minimum absolute atomic E-state index is 0.0942. The minimum atomic E-state index is -0.397. The van der Waals surface area contributed by atoms with Gasteiger partial charge in [0.2, 0.25) is 0 Å². The third-order valence-electron chi connectivity index (χ3n) is 21.6. The van der Waals surface area contributed by atoms with Crippen molar-refractivity contribution in [2.24, 2.45) is 58.2 Å². The normalized spacial score (nSPS) is 27.4. The molecule has 14 heteroatoms. The fraction of sp³-hybridized carbons (Fsp3) is 0.494. The largest absolute Gasteiger partial charge is 0.466 e. The van der Waals surface area contributed by atoms with Crippen LogP contribution in [0.1, 0.15) is 162 Å². The van der Waals surface area contributed by atoms with E-state index in [0.29, 0.717) is 40.8 Å². The molecule has 0 amide bonds. The molecule has 14 nitrogen and oxygen atoms in total. The van der Waals surface area contributed by atoms with E-state index < -0.39 is 11.9 Å². The van der Waals surface area contributed by atoms with Crippen LogP contribution in [0.2, 0.25) is 0 Å². The number of benzene rings is 4. The Morgan fingerprint density at radius 2 is 1.04 bits per heavy atom. The summed E-state index contributed by atoms with van der Waals surface area (Å²) in [4.78, 5) is 77.3. The van der Waals surface area contributed by atoms with Gasteiger partial charge in [0.05, 0.1) is 7.11 Å². The van der Waals surface area contributed by atoms with E-state index in [1.165, 1.54) is 108 Å². The van der Waals surface area contributed by atoms with Gasteiger partial charge in [-0.15, -0.1) is 0 Å². The highest BCUT2D eigenvalue weighted by atomic mass is 16.6. The summed E-state index contributed by atoms with van der Waals surface area (Å²) >= 11 is 0. The summed E-state index contributed by atoms with van der Waals surface area (Å²) in [6, 6.07) is 27.4. The number of rotatable bonds is 14. The molecule has 14 rings (SSSR count). The van der Waals surface area contributed by atoms with E-state index in [9.17, 15) is 33.6 Å². The molecule has 4 aromatic rings. The molecule has 0 heterocycles. The molecule has 510 valence electrons. The number of esters is 7. The molecule has 8 atom stereocenters. The molecule has 95 heavy (non-hydrogen) atoms. The van der Waals surface area contributed by atoms with E-state index in [2.05, 4.69) is 77.6 Å². The van der Waals surface area contributed by atoms with E-state index in [-0.39, 0.29) is 59.2 Å². The summed E-state index contributed by atoms with van der Waals surface area (Å²) in [6.45, 7) is 34.5. The molecular weight excluding hydrogens is 1200 g/mol. The molecule has 8 bridgehead atoms. The summed E-state index contributed by atoms with van der Waals surface area (Å²) < 4.78 is 36.3. The lowest BCUT2D eigenvalue weighted by atomic mass is 9.54. The lowest BCUT2D eigenvalue weighted by Crippen LogP contribution is -2.52. The topological polar surface area (TPSA) is 184 Å². The summed E-state index contributed by atoms with van der Waals surface area (Å²) in [5.41, 5.74) is 2.17. The average molecular weight is 1300 g/mol. The van der Waals surface area contributed by atoms with Crippen LogP contribution in [0.5, 0.6) is 5.75 Å². The quantitative estimate of drug-likeness (QED) is 0.0382. The molecule has 0 aromatic heterocycles. The van der Waals surface area contributed by atoms with E-state index in [1.807, 2.05) is 78.9 Å². The van der Waals surface area contributed by atoms with Gasteiger partial charge in [-0.1, -0.05) is 159 Å². The van der Waals surface area contributed by atoms with Crippen molar-refractivity contribution in [2.75, 3.05) is 7.11 Å². The van der Waals surface area contributed by atoms with Crippen LogP contribution in [0.4, 0.5) is 0 Å². The van der Waals surface area contributed by atoms with Crippen LogP contribution in [0, 0.1) is 58.2 Å². The Morgan fingerprint density at radius 3 is 1.54 bits per heavy atom. The predicted molar refractivity (Wildman–Crippen MR) is 372 cm³/mol. The van der Waals surface area contributed by atoms with Crippen molar-refractivity contribution in [1.82, 2.24) is 0 Å². The van der Waals surface area contributed by atoms with Gasteiger partial charge in [0, 0.05) is 57.7 Å². The van der Waals surface area contributed by atoms with Gasteiger partial charge in [-0.3, -0.25) is 0 Å². The maximum atomic E-state index is 11.9. The zero-order valence-electron chi connectivity index (χ0n) is 57.1. The first-order valence-electron chi connectivity index (χ1n) is 34.1. The van der Waals surface area contributed by atoms with Crippen LogP contribution in [-0.2, 0) is 68.6 Å². The van der Waals surface area contributed by atoms with Gasteiger partial charge in [0.1, 0.15) is 36.3 Å². The number of methoxy groups -OCH3 is 1. The molecule has 4 aromatic carbocycles. The fourth-order valence-electron chi connectivity index (χ4n) is 16.8. The molecule has 0 N–H and O–H groups in total. The molecule has 10 aliphatic carbocycles. The maximum Gasteiger partial charge on any atom is 0.338 e. The van der Waals surface area contributed by atoms with Crippen molar-refractivity contribution in [1.29, 1.82) is 0 Å². The second-order valence-electron chi connectivity index (χ2n) is 28.1. The van der Waals surface area contributed by atoms with Gasteiger partial charge in [-0.2, -0.15) is 0 Å². The van der Waals surface area contributed by atoms with E-state index >= 15 is 0 Å². The van der Waals surface area contributed by atoms with Crippen molar-refractivity contribution in [3.05, 3.63) is 178 Å². The van der Waals surface area contributed by atoms with Crippen LogP contribution in [-0.4, -0.2) is 72.8 Å². The molecule has 8 unspecified atom stereocenters. The minimum Gasteiger partial charge on any atom is -0.466 e. The number of carbonyl (C=O) groups is 7. The van der Waals surface area contributed by atoms with E-state index in [1.54, 1.807) is 13.8 Å². The highest BCUT2D eigenvalue weighted by Crippen LogP contribution is 2.66. The first-order valence-corrected chi connectivity index (χ1v) is 34.1. The summed E-state index contributed by atoms with van der Waals surface area (Å²) in [5.74, 6) is 5.01. The van der Waals surface area contributed by atoms with Gasteiger partial charge in [0.25, 0.3) is 0 Å². The van der Waals surface area contributed by atoms with Gasteiger partial charge in [0.15, 0.2) is 0 Å². The fourth-order valence-corrected chi connectivity index (χ4v) is 16.8.